The molecule has 0 saturated carbocycles. The molecule has 4 nitrogen and oxygen atoms in total. The van der Waals surface area contributed by atoms with Crippen molar-refractivity contribution in [3.05, 3.63) is 111 Å². The fourth-order valence-corrected chi connectivity index (χ4v) is 3.24. The highest BCUT2D eigenvalue weighted by Crippen LogP contribution is 2.21. The van der Waals surface area contributed by atoms with Gasteiger partial charge in [-0.05, 0) is 53.9 Å². The van der Waals surface area contributed by atoms with E-state index in [4.69, 9.17) is 11.6 Å². The van der Waals surface area contributed by atoms with Crippen LogP contribution in [0.2, 0.25) is 5.02 Å². The Balaban J connectivity index is 1.76. The molecule has 0 aliphatic heterocycles. The number of H-pyrrole nitrogens is 1. The molecule has 0 unspecified atom stereocenters. The summed E-state index contributed by atoms with van der Waals surface area (Å²) in [6.07, 6.45) is 0. The highest BCUT2D eigenvalue weighted by Gasteiger charge is 2.19. The van der Waals surface area contributed by atoms with Gasteiger partial charge in [0.2, 0.25) is 0 Å². The summed E-state index contributed by atoms with van der Waals surface area (Å²) < 4.78 is 0. The second kappa shape index (κ2) is 7.71. The Kier molecular flexibility index (Phi) is 4.96. The van der Waals surface area contributed by atoms with E-state index in [0.717, 1.165) is 16.6 Å². The summed E-state index contributed by atoms with van der Waals surface area (Å²) in [6.45, 7) is 0.158. The number of hydrogen-bond acceptors (Lipinski definition) is 2. The molecule has 0 aliphatic carbocycles. The Morgan fingerprint density at radius 1 is 0.893 bits per heavy atom. The molecule has 1 heterocycles. The quantitative estimate of drug-likeness (QED) is 0.533. The van der Waals surface area contributed by atoms with Crippen LogP contribution in [0.4, 0.5) is 5.69 Å². The monoisotopic (exact) mass is 388 g/mol. The molecular weight excluding hydrogens is 372 g/mol. The number of pyridine rings is 1. The number of rotatable bonds is 4. The zero-order chi connectivity index (χ0) is 19.5. The standard InChI is InChI=1S/C23H17ClN2O2/c24-19-12-10-16(11-13-19)23(28)26(20-7-2-1-3-8-20)15-18-14-17-6-4-5-9-21(17)25-22(18)27/h1-14H,15H2,(H,25,27). The van der Waals surface area contributed by atoms with Gasteiger partial charge in [-0.2, -0.15) is 0 Å². The Morgan fingerprint density at radius 3 is 2.32 bits per heavy atom. The second-order valence-corrected chi connectivity index (χ2v) is 6.88. The minimum Gasteiger partial charge on any atom is -0.322 e. The maximum Gasteiger partial charge on any atom is 0.258 e. The average molecular weight is 389 g/mol. The van der Waals surface area contributed by atoms with Crippen molar-refractivity contribution in [1.82, 2.24) is 4.98 Å². The zero-order valence-electron chi connectivity index (χ0n) is 14.9. The van der Waals surface area contributed by atoms with Crippen LogP contribution in [0.25, 0.3) is 10.9 Å². The van der Waals surface area contributed by atoms with Crippen molar-refractivity contribution >= 4 is 34.1 Å². The Morgan fingerprint density at radius 2 is 1.57 bits per heavy atom. The van der Waals surface area contributed by atoms with E-state index >= 15 is 0 Å². The average Bonchev–Trinajstić information content (AvgIpc) is 2.73. The minimum absolute atomic E-state index is 0.158. The molecular formula is C23H17ClN2O2. The molecule has 3 aromatic carbocycles. The normalized spacial score (nSPS) is 10.8. The van der Waals surface area contributed by atoms with E-state index in [0.29, 0.717) is 16.1 Å². The lowest BCUT2D eigenvalue weighted by Gasteiger charge is -2.23. The molecule has 1 amide bonds. The molecule has 0 saturated heterocycles. The number of nitrogens with one attached hydrogen (secondary N) is 1. The van der Waals surface area contributed by atoms with Gasteiger partial charge in [-0.25, -0.2) is 0 Å². The van der Waals surface area contributed by atoms with Crippen LogP contribution in [0.1, 0.15) is 15.9 Å². The number of nitrogens with zero attached hydrogens (tertiary/aromatic N) is 1. The molecule has 4 aromatic rings. The molecule has 0 aliphatic rings. The summed E-state index contributed by atoms with van der Waals surface area (Å²) in [5.74, 6) is -0.199. The lowest BCUT2D eigenvalue weighted by Crippen LogP contribution is -2.32. The van der Waals surface area contributed by atoms with E-state index in [1.807, 2.05) is 60.7 Å². The van der Waals surface area contributed by atoms with E-state index in [-0.39, 0.29) is 18.0 Å². The number of halogens is 1. The molecule has 0 spiro atoms. The van der Waals surface area contributed by atoms with Crippen LogP contribution in [-0.4, -0.2) is 10.9 Å². The number of fused-ring (bicyclic) bond motifs is 1. The third-order valence-corrected chi connectivity index (χ3v) is 4.82. The Hall–Kier alpha value is -3.37. The predicted molar refractivity (Wildman–Crippen MR) is 113 cm³/mol. The Bertz CT molecular complexity index is 1180. The molecule has 1 N–H and O–H groups in total. The summed E-state index contributed by atoms with van der Waals surface area (Å²) in [6, 6.07) is 25.5. The summed E-state index contributed by atoms with van der Waals surface area (Å²) >= 11 is 5.95. The number of para-hydroxylation sites is 2. The van der Waals surface area contributed by atoms with Crippen LogP contribution in [0, 0.1) is 0 Å². The third-order valence-electron chi connectivity index (χ3n) is 4.56. The van der Waals surface area contributed by atoms with Gasteiger partial charge < -0.3 is 9.88 Å². The molecule has 4 rings (SSSR count). The van der Waals surface area contributed by atoms with Crippen LogP contribution < -0.4 is 10.5 Å². The molecule has 1 aromatic heterocycles. The van der Waals surface area contributed by atoms with Crippen molar-refractivity contribution < 1.29 is 4.79 Å². The van der Waals surface area contributed by atoms with Gasteiger partial charge in [0.15, 0.2) is 0 Å². The van der Waals surface area contributed by atoms with Gasteiger partial charge >= 0.3 is 0 Å². The number of hydrogen-bond donors (Lipinski definition) is 1. The lowest BCUT2D eigenvalue weighted by atomic mass is 10.1. The lowest BCUT2D eigenvalue weighted by molar-refractivity contribution is 0.0985. The van der Waals surface area contributed by atoms with Crippen LogP contribution in [-0.2, 0) is 6.54 Å². The van der Waals surface area contributed by atoms with E-state index in [1.165, 1.54) is 0 Å². The molecule has 5 heteroatoms. The molecule has 0 fully saturated rings. The highest BCUT2D eigenvalue weighted by atomic mass is 35.5. The fourth-order valence-electron chi connectivity index (χ4n) is 3.12. The summed E-state index contributed by atoms with van der Waals surface area (Å²) in [7, 11) is 0. The van der Waals surface area contributed by atoms with Crippen molar-refractivity contribution in [1.29, 1.82) is 0 Å². The van der Waals surface area contributed by atoms with Crippen LogP contribution in [0.5, 0.6) is 0 Å². The first kappa shape index (κ1) is 18.0. The maximum atomic E-state index is 13.2. The summed E-state index contributed by atoms with van der Waals surface area (Å²) in [5.41, 5.74) is 2.31. The summed E-state index contributed by atoms with van der Waals surface area (Å²) in [4.78, 5) is 30.3. The van der Waals surface area contributed by atoms with Crippen molar-refractivity contribution in [2.75, 3.05) is 4.90 Å². The third kappa shape index (κ3) is 3.68. The number of aromatic amines is 1. The number of aromatic nitrogens is 1. The Labute approximate surface area is 167 Å². The second-order valence-electron chi connectivity index (χ2n) is 6.44. The van der Waals surface area contributed by atoms with Crippen molar-refractivity contribution in [2.45, 2.75) is 6.54 Å². The van der Waals surface area contributed by atoms with E-state index in [9.17, 15) is 9.59 Å². The van der Waals surface area contributed by atoms with E-state index < -0.39 is 0 Å². The van der Waals surface area contributed by atoms with Crippen LogP contribution in [0.3, 0.4) is 0 Å². The minimum atomic E-state index is -0.205. The SMILES string of the molecule is O=C(c1ccc(Cl)cc1)N(Cc1cc2ccccc2[nH]c1=O)c1ccccc1. The number of carbonyl (C=O) groups excluding carboxylic acids is 1. The number of carbonyl (C=O) groups is 1. The molecule has 0 bridgehead atoms. The number of amides is 1. The molecule has 28 heavy (non-hydrogen) atoms. The van der Waals surface area contributed by atoms with Gasteiger partial charge in [0.25, 0.3) is 11.5 Å². The van der Waals surface area contributed by atoms with Gasteiger partial charge in [-0.15, -0.1) is 0 Å². The topological polar surface area (TPSA) is 53.2 Å². The smallest absolute Gasteiger partial charge is 0.258 e. The first-order chi connectivity index (χ1) is 13.6. The van der Waals surface area contributed by atoms with Gasteiger partial charge in [0.05, 0.1) is 6.54 Å². The number of benzene rings is 3. The molecule has 138 valence electrons. The van der Waals surface area contributed by atoms with Crippen molar-refractivity contribution in [3.63, 3.8) is 0 Å². The van der Waals surface area contributed by atoms with Crippen LogP contribution in [0.15, 0.2) is 89.7 Å². The van der Waals surface area contributed by atoms with Gasteiger partial charge in [-0.3, -0.25) is 9.59 Å². The number of anilines is 1. The highest BCUT2D eigenvalue weighted by molar-refractivity contribution is 6.30. The van der Waals surface area contributed by atoms with Gasteiger partial charge in [0.1, 0.15) is 0 Å². The fraction of sp³-hybridized carbons (Fsp3) is 0.0435. The van der Waals surface area contributed by atoms with Crippen molar-refractivity contribution in [3.8, 4) is 0 Å². The van der Waals surface area contributed by atoms with Crippen LogP contribution >= 0.6 is 11.6 Å². The first-order valence-electron chi connectivity index (χ1n) is 8.85. The largest absolute Gasteiger partial charge is 0.322 e. The maximum absolute atomic E-state index is 13.2. The summed E-state index contributed by atoms with van der Waals surface area (Å²) in [5, 5.41) is 1.48. The van der Waals surface area contributed by atoms with Gasteiger partial charge in [0, 0.05) is 27.4 Å². The van der Waals surface area contributed by atoms with E-state index in [1.54, 1.807) is 29.2 Å². The zero-order valence-corrected chi connectivity index (χ0v) is 15.7. The van der Waals surface area contributed by atoms with Crippen molar-refractivity contribution in [2.24, 2.45) is 0 Å². The first-order valence-corrected chi connectivity index (χ1v) is 9.23. The van der Waals surface area contributed by atoms with E-state index in [2.05, 4.69) is 4.98 Å². The molecule has 0 radical (unpaired) electrons. The molecule has 0 atom stereocenters. The van der Waals surface area contributed by atoms with Gasteiger partial charge in [-0.1, -0.05) is 48.0 Å². The predicted octanol–water partition coefficient (Wildman–Crippen LogP) is 5.03.